The summed E-state index contributed by atoms with van der Waals surface area (Å²) in [6, 6.07) is 4.34. The Bertz CT molecular complexity index is 818. The van der Waals surface area contributed by atoms with E-state index >= 15 is 0 Å². The second kappa shape index (κ2) is 7.77. The molecule has 6 heteroatoms. The van der Waals surface area contributed by atoms with Gasteiger partial charge in [0.1, 0.15) is 17.1 Å². The van der Waals surface area contributed by atoms with E-state index < -0.39 is 17.6 Å². The highest BCUT2D eigenvalue weighted by molar-refractivity contribution is 5.91. The third-order valence-corrected chi connectivity index (χ3v) is 3.42. The number of hydrogen-bond acceptors (Lipinski definition) is 6. The summed E-state index contributed by atoms with van der Waals surface area (Å²) in [5, 5.41) is 0.551. The average Bonchev–Trinajstić information content (AvgIpc) is 2.54. The van der Waals surface area contributed by atoms with Gasteiger partial charge in [0.05, 0.1) is 5.39 Å². The number of benzene rings is 1. The standard InChI is InChI=1S/C18H20O6/c1-4-7-11-8-17(21)24-14-10-12(22-15(19)5-2)9-13(18(11)14)23-16(20)6-3/h8-10H,4-7H2,1-3H3. The molecule has 0 amide bonds. The maximum atomic E-state index is 11.8. The molecule has 0 spiro atoms. The van der Waals surface area contributed by atoms with Crippen molar-refractivity contribution in [1.29, 1.82) is 0 Å². The van der Waals surface area contributed by atoms with Gasteiger partial charge in [0.15, 0.2) is 0 Å². The topological polar surface area (TPSA) is 82.8 Å². The Labute approximate surface area is 139 Å². The molecule has 0 saturated carbocycles. The van der Waals surface area contributed by atoms with Gasteiger partial charge in [0, 0.05) is 31.0 Å². The summed E-state index contributed by atoms with van der Waals surface area (Å²) >= 11 is 0. The second-order valence-electron chi connectivity index (χ2n) is 5.29. The average molecular weight is 332 g/mol. The van der Waals surface area contributed by atoms with Crippen LogP contribution in [0.25, 0.3) is 11.0 Å². The zero-order chi connectivity index (χ0) is 17.7. The van der Waals surface area contributed by atoms with Gasteiger partial charge in [0.25, 0.3) is 0 Å². The molecular formula is C18H20O6. The Kier molecular flexibility index (Phi) is 5.73. The summed E-state index contributed by atoms with van der Waals surface area (Å²) in [5.74, 6) is -0.464. The maximum Gasteiger partial charge on any atom is 0.336 e. The third kappa shape index (κ3) is 4.01. The molecule has 2 aromatic rings. The van der Waals surface area contributed by atoms with Crippen molar-refractivity contribution in [2.45, 2.75) is 46.5 Å². The second-order valence-corrected chi connectivity index (χ2v) is 5.29. The summed E-state index contributed by atoms with van der Waals surface area (Å²) in [6.45, 7) is 5.33. The summed E-state index contributed by atoms with van der Waals surface area (Å²) in [5.41, 5.74) is 0.458. The summed E-state index contributed by atoms with van der Waals surface area (Å²) < 4.78 is 15.8. The van der Waals surface area contributed by atoms with Crippen molar-refractivity contribution >= 4 is 22.9 Å². The lowest BCUT2D eigenvalue weighted by Gasteiger charge is -2.12. The van der Waals surface area contributed by atoms with Gasteiger partial charge in [-0.05, 0) is 12.0 Å². The van der Waals surface area contributed by atoms with Crippen LogP contribution in [0.3, 0.4) is 0 Å². The Morgan fingerprint density at radius 3 is 2.29 bits per heavy atom. The molecule has 24 heavy (non-hydrogen) atoms. The lowest BCUT2D eigenvalue weighted by atomic mass is 10.0. The Morgan fingerprint density at radius 2 is 1.67 bits per heavy atom. The van der Waals surface area contributed by atoms with Gasteiger partial charge in [-0.3, -0.25) is 9.59 Å². The molecule has 0 radical (unpaired) electrons. The first-order valence-electron chi connectivity index (χ1n) is 8.00. The van der Waals surface area contributed by atoms with E-state index in [1.807, 2.05) is 6.92 Å². The monoisotopic (exact) mass is 332 g/mol. The van der Waals surface area contributed by atoms with Crippen LogP contribution in [0.5, 0.6) is 11.5 Å². The van der Waals surface area contributed by atoms with Crippen molar-refractivity contribution in [2.24, 2.45) is 0 Å². The Hall–Kier alpha value is -2.63. The normalized spacial score (nSPS) is 10.6. The fraction of sp³-hybridized carbons (Fsp3) is 0.389. The van der Waals surface area contributed by atoms with E-state index in [0.717, 1.165) is 12.0 Å². The molecule has 0 aliphatic rings. The lowest BCUT2D eigenvalue weighted by molar-refractivity contribution is -0.134. The number of ether oxygens (including phenoxy) is 2. The minimum absolute atomic E-state index is 0.171. The van der Waals surface area contributed by atoms with Crippen LogP contribution in [0.4, 0.5) is 0 Å². The minimum Gasteiger partial charge on any atom is -0.426 e. The summed E-state index contributed by atoms with van der Waals surface area (Å²) in [6.07, 6.45) is 1.83. The number of fused-ring (bicyclic) bond motifs is 1. The first-order valence-corrected chi connectivity index (χ1v) is 8.00. The largest absolute Gasteiger partial charge is 0.426 e. The van der Waals surface area contributed by atoms with Crippen LogP contribution < -0.4 is 15.1 Å². The van der Waals surface area contributed by atoms with Gasteiger partial charge in [-0.2, -0.15) is 0 Å². The summed E-state index contributed by atoms with van der Waals surface area (Å²) in [4.78, 5) is 35.0. The molecule has 0 saturated heterocycles. The number of esters is 2. The van der Waals surface area contributed by atoms with Gasteiger partial charge in [-0.15, -0.1) is 0 Å². The van der Waals surface area contributed by atoms with Gasteiger partial charge in [-0.1, -0.05) is 27.2 Å². The van der Waals surface area contributed by atoms with E-state index in [1.54, 1.807) is 13.8 Å². The molecule has 1 aromatic carbocycles. The van der Waals surface area contributed by atoms with Crippen LogP contribution in [-0.4, -0.2) is 11.9 Å². The van der Waals surface area contributed by atoms with E-state index in [9.17, 15) is 14.4 Å². The fourth-order valence-electron chi connectivity index (χ4n) is 2.32. The van der Waals surface area contributed by atoms with Crippen LogP contribution in [0.1, 0.15) is 45.6 Å². The minimum atomic E-state index is -0.502. The zero-order valence-electron chi connectivity index (χ0n) is 14.0. The maximum absolute atomic E-state index is 11.8. The van der Waals surface area contributed by atoms with Crippen molar-refractivity contribution in [2.75, 3.05) is 0 Å². The fourth-order valence-corrected chi connectivity index (χ4v) is 2.32. The number of rotatable bonds is 6. The number of carbonyl (C=O) groups excluding carboxylic acids is 2. The van der Waals surface area contributed by atoms with Gasteiger partial charge in [-0.25, -0.2) is 4.79 Å². The van der Waals surface area contributed by atoms with Gasteiger partial charge in [0.2, 0.25) is 0 Å². The van der Waals surface area contributed by atoms with Crippen LogP contribution in [0.15, 0.2) is 27.4 Å². The van der Waals surface area contributed by atoms with E-state index in [4.69, 9.17) is 13.9 Å². The van der Waals surface area contributed by atoms with Crippen LogP contribution in [0, 0.1) is 0 Å². The zero-order valence-corrected chi connectivity index (χ0v) is 14.0. The third-order valence-electron chi connectivity index (χ3n) is 3.42. The van der Waals surface area contributed by atoms with Crippen molar-refractivity contribution in [1.82, 2.24) is 0 Å². The van der Waals surface area contributed by atoms with E-state index in [1.165, 1.54) is 18.2 Å². The highest BCUT2D eigenvalue weighted by Crippen LogP contribution is 2.34. The van der Waals surface area contributed by atoms with Crippen LogP contribution in [0.2, 0.25) is 0 Å². The predicted molar refractivity (Wildman–Crippen MR) is 88.3 cm³/mol. The van der Waals surface area contributed by atoms with E-state index in [2.05, 4.69) is 0 Å². The van der Waals surface area contributed by atoms with Gasteiger partial charge < -0.3 is 13.9 Å². The number of hydrogen-bond donors (Lipinski definition) is 0. The van der Waals surface area contributed by atoms with Crippen molar-refractivity contribution in [3.05, 3.63) is 34.2 Å². The molecule has 2 rings (SSSR count). The molecule has 1 aromatic heterocycles. The SMILES string of the molecule is CCCc1cc(=O)oc2cc(OC(=O)CC)cc(OC(=O)CC)c12. The molecular weight excluding hydrogens is 312 g/mol. The molecule has 0 N–H and O–H groups in total. The molecule has 128 valence electrons. The molecule has 6 nitrogen and oxygen atoms in total. The quantitative estimate of drug-likeness (QED) is 0.458. The van der Waals surface area contributed by atoms with Crippen LogP contribution >= 0.6 is 0 Å². The predicted octanol–water partition coefficient (Wildman–Crippen LogP) is 3.38. The molecule has 0 unspecified atom stereocenters. The van der Waals surface area contributed by atoms with E-state index in [0.29, 0.717) is 11.8 Å². The first-order chi connectivity index (χ1) is 11.5. The number of aryl methyl sites for hydroxylation is 1. The Balaban J connectivity index is 2.67. The van der Waals surface area contributed by atoms with Crippen molar-refractivity contribution in [3.8, 4) is 11.5 Å². The molecule has 0 aliphatic heterocycles. The molecule has 1 heterocycles. The summed E-state index contributed by atoms with van der Waals surface area (Å²) in [7, 11) is 0. The molecule has 0 fully saturated rings. The lowest BCUT2D eigenvalue weighted by Crippen LogP contribution is -2.10. The van der Waals surface area contributed by atoms with Crippen molar-refractivity contribution in [3.63, 3.8) is 0 Å². The van der Waals surface area contributed by atoms with Gasteiger partial charge >= 0.3 is 17.6 Å². The van der Waals surface area contributed by atoms with E-state index in [-0.39, 0.29) is 29.9 Å². The van der Waals surface area contributed by atoms with Crippen LogP contribution in [-0.2, 0) is 16.0 Å². The highest BCUT2D eigenvalue weighted by atomic mass is 16.5. The molecule has 0 atom stereocenters. The molecule has 0 bridgehead atoms. The van der Waals surface area contributed by atoms with Crippen molar-refractivity contribution < 1.29 is 23.5 Å². The number of carbonyl (C=O) groups is 2. The smallest absolute Gasteiger partial charge is 0.336 e. The first kappa shape index (κ1) is 17.7. The molecule has 0 aliphatic carbocycles. The highest BCUT2D eigenvalue weighted by Gasteiger charge is 2.17. The Morgan fingerprint density at radius 1 is 1.00 bits per heavy atom.